The molecule has 0 amide bonds. The van der Waals surface area contributed by atoms with E-state index in [4.69, 9.17) is 0 Å². The maximum absolute atomic E-state index is 13.0. The van der Waals surface area contributed by atoms with Crippen LogP contribution in [-0.2, 0) is 0 Å². The van der Waals surface area contributed by atoms with Crippen molar-refractivity contribution < 1.29 is 14.1 Å². The Hall–Kier alpha value is -1.78. The maximum Gasteiger partial charge on any atom is 0.305 e. The van der Waals surface area contributed by atoms with E-state index in [1.54, 1.807) is 0 Å². The smallest absolute Gasteiger partial charge is 0.294 e. The molecule has 0 aliphatic heterocycles. The molecule has 2 rings (SSSR count). The van der Waals surface area contributed by atoms with Crippen molar-refractivity contribution in [3.63, 3.8) is 0 Å². The van der Waals surface area contributed by atoms with Gasteiger partial charge in [0.05, 0.1) is 4.92 Å². The van der Waals surface area contributed by atoms with Crippen LogP contribution in [0.15, 0.2) is 18.2 Å². The van der Waals surface area contributed by atoms with Gasteiger partial charge in [-0.15, -0.1) is 0 Å². The molecule has 1 aliphatic rings. The molecule has 0 aromatic heterocycles. The van der Waals surface area contributed by atoms with Gasteiger partial charge in [-0.2, -0.15) is 4.39 Å². The summed E-state index contributed by atoms with van der Waals surface area (Å²) in [5.74, 6) is -1.06. The second-order valence-corrected chi connectivity index (χ2v) is 3.92. The fourth-order valence-electron chi connectivity index (χ4n) is 1.71. The van der Waals surface area contributed by atoms with Crippen LogP contribution in [-0.4, -0.2) is 10.7 Å². The normalized spacial score (nSPS) is 15.6. The van der Waals surface area contributed by atoms with Gasteiger partial charge in [-0.1, -0.05) is 6.42 Å². The van der Waals surface area contributed by atoms with E-state index in [0.29, 0.717) is 0 Å². The molecule has 1 saturated carbocycles. The van der Waals surface area contributed by atoms with Crippen LogP contribution >= 0.6 is 0 Å². The molecule has 1 fully saturated rings. The SMILES string of the molecule is O=C(c1ccc(F)c([N+](=O)[O-])c1)C1CCC1. The average Bonchev–Trinajstić information content (AvgIpc) is 2.15. The Labute approximate surface area is 91.2 Å². The van der Waals surface area contributed by atoms with E-state index in [1.165, 1.54) is 6.07 Å². The highest BCUT2D eigenvalue weighted by Gasteiger charge is 2.27. The predicted molar refractivity (Wildman–Crippen MR) is 54.7 cm³/mol. The zero-order valence-corrected chi connectivity index (χ0v) is 8.48. The summed E-state index contributed by atoms with van der Waals surface area (Å²) < 4.78 is 13.0. The Balaban J connectivity index is 2.31. The highest BCUT2D eigenvalue weighted by molar-refractivity contribution is 5.98. The number of benzene rings is 1. The van der Waals surface area contributed by atoms with E-state index < -0.39 is 16.4 Å². The predicted octanol–water partition coefficient (Wildman–Crippen LogP) is 2.72. The lowest BCUT2D eigenvalue weighted by Crippen LogP contribution is -2.22. The fraction of sp³-hybridized carbons (Fsp3) is 0.364. The third-order valence-corrected chi connectivity index (χ3v) is 2.90. The Morgan fingerprint density at radius 3 is 2.62 bits per heavy atom. The summed E-state index contributed by atoms with van der Waals surface area (Å²) in [4.78, 5) is 21.5. The number of hydrogen-bond acceptors (Lipinski definition) is 3. The van der Waals surface area contributed by atoms with Gasteiger partial charge in [-0.3, -0.25) is 14.9 Å². The van der Waals surface area contributed by atoms with Crippen LogP contribution in [0.3, 0.4) is 0 Å². The van der Waals surface area contributed by atoms with Gasteiger partial charge in [0.1, 0.15) is 0 Å². The summed E-state index contributed by atoms with van der Waals surface area (Å²) in [7, 11) is 0. The zero-order valence-electron chi connectivity index (χ0n) is 8.48. The minimum atomic E-state index is -0.907. The molecule has 0 spiro atoms. The molecule has 4 nitrogen and oxygen atoms in total. The molecule has 0 unspecified atom stereocenters. The molecule has 16 heavy (non-hydrogen) atoms. The van der Waals surface area contributed by atoms with Crippen LogP contribution in [0, 0.1) is 21.8 Å². The van der Waals surface area contributed by atoms with E-state index in [9.17, 15) is 19.3 Å². The van der Waals surface area contributed by atoms with Crippen molar-refractivity contribution >= 4 is 11.5 Å². The third kappa shape index (κ3) is 1.80. The van der Waals surface area contributed by atoms with Gasteiger partial charge in [0.25, 0.3) is 0 Å². The molecular formula is C11H10FNO3. The first-order valence-electron chi connectivity index (χ1n) is 5.08. The van der Waals surface area contributed by atoms with Crippen molar-refractivity contribution in [2.24, 2.45) is 5.92 Å². The van der Waals surface area contributed by atoms with Crippen molar-refractivity contribution in [3.8, 4) is 0 Å². The molecule has 1 aromatic rings. The van der Waals surface area contributed by atoms with Crippen LogP contribution in [0.4, 0.5) is 10.1 Å². The molecule has 0 atom stereocenters. The van der Waals surface area contributed by atoms with Gasteiger partial charge in [0, 0.05) is 17.5 Å². The molecule has 5 heteroatoms. The standard InChI is InChI=1S/C11H10FNO3/c12-9-5-4-8(6-10(9)13(15)16)11(14)7-2-1-3-7/h4-7H,1-3H2. The Bertz CT molecular complexity index is 455. The molecule has 0 saturated heterocycles. The second-order valence-electron chi connectivity index (χ2n) is 3.92. The number of hydrogen-bond donors (Lipinski definition) is 0. The van der Waals surface area contributed by atoms with Gasteiger partial charge >= 0.3 is 5.69 Å². The van der Waals surface area contributed by atoms with Crippen LogP contribution in [0.25, 0.3) is 0 Å². The number of rotatable bonds is 3. The Morgan fingerprint density at radius 1 is 1.44 bits per heavy atom. The number of carbonyl (C=O) groups excluding carboxylic acids is 1. The first-order valence-corrected chi connectivity index (χ1v) is 5.08. The molecule has 0 bridgehead atoms. The number of carbonyl (C=O) groups is 1. The molecule has 84 valence electrons. The van der Waals surface area contributed by atoms with E-state index in [-0.39, 0.29) is 17.3 Å². The van der Waals surface area contributed by atoms with Crippen LogP contribution < -0.4 is 0 Å². The quantitative estimate of drug-likeness (QED) is 0.449. The van der Waals surface area contributed by atoms with E-state index in [2.05, 4.69) is 0 Å². The Kier molecular flexibility index (Phi) is 2.68. The van der Waals surface area contributed by atoms with Gasteiger partial charge in [-0.25, -0.2) is 0 Å². The van der Waals surface area contributed by atoms with E-state index in [0.717, 1.165) is 31.4 Å². The fourth-order valence-corrected chi connectivity index (χ4v) is 1.71. The third-order valence-electron chi connectivity index (χ3n) is 2.90. The van der Waals surface area contributed by atoms with Crippen molar-refractivity contribution in [3.05, 3.63) is 39.7 Å². The molecular weight excluding hydrogens is 213 g/mol. The first-order chi connectivity index (χ1) is 7.59. The highest BCUT2D eigenvalue weighted by atomic mass is 19.1. The summed E-state index contributed by atoms with van der Waals surface area (Å²) in [6.45, 7) is 0. The van der Waals surface area contributed by atoms with Gasteiger partial charge < -0.3 is 0 Å². The molecule has 0 N–H and O–H groups in total. The maximum atomic E-state index is 13.0. The number of halogens is 1. The highest BCUT2D eigenvalue weighted by Crippen LogP contribution is 2.31. The largest absolute Gasteiger partial charge is 0.305 e. The number of ketones is 1. The summed E-state index contributed by atoms with van der Waals surface area (Å²) in [5, 5.41) is 10.5. The molecule has 0 heterocycles. The van der Waals surface area contributed by atoms with Crippen LogP contribution in [0.1, 0.15) is 29.6 Å². The molecule has 0 radical (unpaired) electrons. The average molecular weight is 223 g/mol. The minimum Gasteiger partial charge on any atom is -0.294 e. The van der Waals surface area contributed by atoms with Crippen molar-refractivity contribution in [1.82, 2.24) is 0 Å². The number of nitrogens with zero attached hydrogens (tertiary/aromatic N) is 1. The monoisotopic (exact) mass is 223 g/mol. The summed E-state index contributed by atoms with van der Waals surface area (Å²) in [6.07, 6.45) is 2.66. The number of nitro benzene ring substituents is 1. The molecule has 1 aromatic carbocycles. The number of nitro groups is 1. The lowest BCUT2D eigenvalue weighted by molar-refractivity contribution is -0.387. The first kappa shape index (κ1) is 10.7. The van der Waals surface area contributed by atoms with Gasteiger partial charge in [0.2, 0.25) is 5.82 Å². The lowest BCUT2D eigenvalue weighted by atomic mass is 9.80. The number of Topliss-reactive ketones (excluding diaryl/α,β-unsaturated/α-hetero) is 1. The van der Waals surface area contributed by atoms with Crippen molar-refractivity contribution in [1.29, 1.82) is 0 Å². The summed E-state index contributed by atoms with van der Waals surface area (Å²) in [6, 6.07) is 3.31. The second kappa shape index (κ2) is 4.00. The van der Waals surface area contributed by atoms with Crippen LogP contribution in [0.2, 0.25) is 0 Å². The van der Waals surface area contributed by atoms with Crippen molar-refractivity contribution in [2.45, 2.75) is 19.3 Å². The summed E-state index contributed by atoms with van der Waals surface area (Å²) in [5.41, 5.74) is -0.400. The molecule has 1 aliphatic carbocycles. The Morgan fingerprint density at radius 2 is 2.12 bits per heavy atom. The van der Waals surface area contributed by atoms with Gasteiger partial charge in [-0.05, 0) is 25.0 Å². The van der Waals surface area contributed by atoms with E-state index >= 15 is 0 Å². The van der Waals surface area contributed by atoms with Crippen LogP contribution in [0.5, 0.6) is 0 Å². The minimum absolute atomic E-state index is 0.0370. The lowest BCUT2D eigenvalue weighted by Gasteiger charge is -2.23. The topological polar surface area (TPSA) is 60.2 Å². The van der Waals surface area contributed by atoms with E-state index in [1.807, 2.05) is 0 Å². The van der Waals surface area contributed by atoms with Crippen molar-refractivity contribution in [2.75, 3.05) is 0 Å². The van der Waals surface area contributed by atoms with Gasteiger partial charge in [0.15, 0.2) is 5.78 Å². The summed E-state index contributed by atoms with van der Waals surface area (Å²) >= 11 is 0. The zero-order chi connectivity index (χ0) is 11.7.